The van der Waals surface area contributed by atoms with Gasteiger partial charge in [0, 0.05) is 10.9 Å². The first-order valence-electron chi connectivity index (χ1n) is 7.35. The quantitative estimate of drug-likeness (QED) is 0.726. The molecule has 0 spiro atoms. The van der Waals surface area contributed by atoms with Crippen LogP contribution in [-0.2, 0) is 11.2 Å². The van der Waals surface area contributed by atoms with Gasteiger partial charge in [-0.15, -0.1) is 0 Å². The van der Waals surface area contributed by atoms with E-state index in [4.69, 9.17) is 0 Å². The molecule has 0 aliphatic heterocycles. The van der Waals surface area contributed by atoms with Gasteiger partial charge in [0.05, 0.1) is 0 Å². The summed E-state index contributed by atoms with van der Waals surface area (Å²) < 4.78 is 0. The second-order valence-corrected chi connectivity index (χ2v) is 5.94. The Morgan fingerprint density at radius 3 is 2.26 bits per heavy atom. The van der Waals surface area contributed by atoms with Crippen LogP contribution in [0.15, 0.2) is 54.6 Å². The minimum Gasteiger partial charge on any atom is -0.479 e. The smallest absolute Gasteiger partial charge is 0.330 e. The van der Waals surface area contributed by atoms with Crippen LogP contribution >= 0.6 is 15.9 Å². The molecule has 1 unspecified atom stereocenters. The highest BCUT2D eigenvalue weighted by Crippen LogP contribution is 2.16. The zero-order valence-corrected chi connectivity index (χ0v) is 14.1. The molecule has 4 nitrogen and oxygen atoms in total. The fourth-order valence-corrected chi connectivity index (χ4v) is 2.52. The van der Waals surface area contributed by atoms with Gasteiger partial charge in [0.25, 0.3) is 5.91 Å². The van der Waals surface area contributed by atoms with Crippen molar-refractivity contribution < 1.29 is 14.7 Å². The van der Waals surface area contributed by atoms with Gasteiger partial charge < -0.3 is 10.4 Å². The summed E-state index contributed by atoms with van der Waals surface area (Å²) in [6, 6.07) is 14.8. The van der Waals surface area contributed by atoms with Gasteiger partial charge in [-0.2, -0.15) is 0 Å². The number of alkyl halides is 1. The number of carboxylic acids is 1. The summed E-state index contributed by atoms with van der Waals surface area (Å²) in [6.07, 6.45) is 1.95. The summed E-state index contributed by atoms with van der Waals surface area (Å²) in [6.45, 7) is 0. The van der Waals surface area contributed by atoms with Crippen molar-refractivity contribution in [3.63, 3.8) is 0 Å². The number of halogens is 1. The minimum absolute atomic E-state index is 0.402. The molecule has 0 heterocycles. The SMILES string of the molecule is O=C(NC(C(=O)O)c1ccc(CCCBr)cc1)c1ccccc1. The number of nitrogens with one attached hydrogen (secondary N) is 1. The van der Waals surface area contributed by atoms with Gasteiger partial charge in [0.15, 0.2) is 6.04 Å². The predicted molar refractivity (Wildman–Crippen MR) is 92.8 cm³/mol. The molecular formula is C18H18BrNO3. The van der Waals surface area contributed by atoms with Crippen molar-refractivity contribution in [3.8, 4) is 0 Å². The third kappa shape index (κ3) is 4.93. The Hall–Kier alpha value is -2.14. The number of rotatable bonds is 7. The Bertz CT molecular complexity index is 656. The van der Waals surface area contributed by atoms with Gasteiger partial charge in [-0.05, 0) is 36.1 Å². The van der Waals surface area contributed by atoms with Crippen LogP contribution in [0.2, 0.25) is 0 Å². The molecule has 120 valence electrons. The first-order chi connectivity index (χ1) is 11.1. The predicted octanol–water partition coefficient (Wildman–Crippen LogP) is 3.57. The summed E-state index contributed by atoms with van der Waals surface area (Å²) in [5.74, 6) is -1.48. The molecule has 2 rings (SSSR count). The van der Waals surface area contributed by atoms with E-state index >= 15 is 0 Å². The first kappa shape index (κ1) is 17.2. The zero-order valence-electron chi connectivity index (χ0n) is 12.5. The number of carbonyl (C=O) groups excluding carboxylic acids is 1. The van der Waals surface area contributed by atoms with Gasteiger partial charge in [-0.1, -0.05) is 58.4 Å². The van der Waals surface area contributed by atoms with Crippen molar-refractivity contribution in [2.75, 3.05) is 5.33 Å². The van der Waals surface area contributed by atoms with Crippen molar-refractivity contribution in [2.45, 2.75) is 18.9 Å². The number of benzene rings is 2. The Kier molecular flexibility index (Phi) is 6.35. The van der Waals surface area contributed by atoms with Gasteiger partial charge in [0.1, 0.15) is 0 Å². The molecule has 0 radical (unpaired) electrons. The molecule has 2 aromatic carbocycles. The standard InChI is InChI=1S/C18H18BrNO3/c19-12-4-5-13-8-10-14(11-9-13)16(18(22)23)20-17(21)15-6-2-1-3-7-15/h1-3,6-11,16H,4-5,12H2,(H,20,21)(H,22,23). The molecule has 0 aromatic heterocycles. The van der Waals surface area contributed by atoms with E-state index in [0.29, 0.717) is 11.1 Å². The Balaban J connectivity index is 2.12. The molecule has 0 bridgehead atoms. The first-order valence-corrected chi connectivity index (χ1v) is 8.47. The van der Waals surface area contributed by atoms with E-state index in [2.05, 4.69) is 21.2 Å². The van der Waals surface area contributed by atoms with E-state index in [9.17, 15) is 14.7 Å². The summed E-state index contributed by atoms with van der Waals surface area (Å²) in [4.78, 5) is 23.7. The van der Waals surface area contributed by atoms with Crippen LogP contribution in [0.5, 0.6) is 0 Å². The van der Waals surface area contributed by atoms with Crippen LogP contribution in [0.3, 0.4) is 0 Å². The number of hydrogen-bond donors (Lipinski definition) is 2. The Labute approximate surface area is 143 Å². The normalized spacial score (nSPS) is 11.7. The summed E-state index contributed by atoms with van der Waals surface area (Å²) in [5.41, 5.74) is 2.14. The molecule has 1 amide bonds. The zero-order chi connectivity index (χ0) is 16.7. The largest absolute Gasteiger partial charge is 0.479 e. The van der Waals surface area contributed by atoms with Gasteiger partial charge in [-0.25, -0.2) is 4.79 Å². The van der Waals surface area contributed by atoms with Crippen LogP contribution in [0.25, 0.3) is 0 Å². The van der Waals surface area contributed by atoms with Crippen molar-refractivity contribution >= 4 is 27.8 Å². The minimum atomic E-state index is -1.08. The molecule has 5 heteroatoms. The van der Waals surface area contributed by atoms with E-state index in [1.54, 1.807) is 42.5 Å². The van der Waals surface area contributed by atoms with E-state index in [1.807, 2.05) is 12.1 Å². The van der Waals surface area contributed by atoms with Crippen molar-refractivity contribution in [2.24, 2.45) is 0 Å². The van der Waals surface area contributed by atoms with Crippen LogP contribution in [0.1, 0.15) is 33.9 Å². The lowest BCUT2D eigenvalue weighted by atomic mass is 10.0. The number of aryl methyl sites for hydroxylation is 1. The molecule has 0 saturated heterocycles. The topological polar surface area (TPSA) is 66.4 Å². The van der Waals surface area contributed by atoms with Gasteiger partial charge in [0.2, 0.25) is 0 Å². The maximum absolute atomic E-state index is 12.2. The Morgan fingerprint density at radius 1 is 1.04 bits per heavy atom. The molecule has 0 aliphatic carbocycles. The highest BCUT2D eigenvalue weighted by molar-refractivity contribution is 9.09. The lowest BCUT2D eigenvalue weighted by Gasteiger charge is -2.15. The van der Waals surface area contributed by atoms with E-state index in [-0.39, 0.29) is 0 Å². The highest BCUT2D eigenvalue weighted by Gasteiger charge is 2.22. The third-order valence-corrected chi connectivity index (χ3v) is 4.03. The average Bonchev–Trinajstić information content (AvgIpc) is 2.58. The van der Waals surface area contributed by atoms with Crippen molar-refractivity contribution in [1.29, 1.82) is 0 Å². The molecular weight excluding hydrogens is 358 g/mol. The highest BCUT2D eigenvalue weighted by atomic mass is 79.9. The summed E-state index contributed by atoms with van der Waals surface area (Å²) >= 11 is 3.39. The molecule has 0 fully saturated rings. The van der Waals surface area contributed by atoms with Crippen molar-refractivity contribution in [1.82, 2.24) is 5.32 Å². The number of amides is 1. The average molecular weight is 376 g/mol. The Morgan fingerprint density at radius 2 is 1.70 bits per heavy atom. The molecule has 0 aliphatic rings. The van der Waals surface area contributed by atoms with Gasteiger partial charge in [-0.3, -0.25) is 4.79 Å². The maximum Gasteiger partial charge on any atom is 0.330 e. The molecule has 2 N–H and O–H groups in total. The molecule has 1 atom stereocenters. The fraction of sp³-hybridized carbons (Fsp3) is 0.222. The third-order valence-electron chi connectivity index (χ3n) is 3.47. The van der Waals surface area contributed by atoms with Crippen LogP contribution in [0, 0.1) is 0 Å². The molecule has 0 saturated carbocycles. The monoisotopic (exact) mass is 375 g/mol. The number of hydrogen-bond acceptors (Lipinski definition) is 2. The number of carboxylic acid groups (broad SMARTS) is 1. The van der Waals surface area contributed by atoms with Crippen LogP contribution in [-0.4, -0.2) is 22.3 Å². The van der Waals surface area contributed by atoms with E-state index in [0.717, 1.165) is 23.7 Å². The van der Waals surface area contributed by atoms with E-state index < -0.39 is 17.9 Å². The summed E-state index contributed by atoms with van der Waals surface area (Å²) in [5, 5.41) is 12.9. The maximum atomic E-state index is 12.2. The molecule has 23 heavy (non-hydrogen) atoms. The van der Waals surface area contributed by atoms with Crippen LogP contribution < -0.4 is 5.32 Å². The lowest BCUT2D eigenvalue weighted by molar-refractivity contribution is -0.139. The number of aliphatic carboxylic acids is 1. The van der Waals surface area contributed by atoms with Crippen molar-refractivity contribution in [3.05, 3.63) is 71.3 Å². The number of carbonyl (C=O) groups is 2. The second kappa shape index (κ2) is 8.48. The molecule has 2 aromatic rings. The van der Waals surface area contributed by atoms with Crippen LogP contribution in [0.4, 0.5) is 0 Å². The van der Waals surface area contributed by atoms with Gasteiger partial charge >= 0.3 is 5.97 Å². The summed E-state index contributed by atoms with van der Waals surface area (Å²) in [7, 11) is 0. The van der Waals surface area contributed by atoms with E-state index in [1.165, 1.54) is 0 Å². The fourth-order valence-electron chi connectivity index (χ4n) is 2.24. The second-order valence-electron chi connectivity index (χ2n) is 5.14. The lowest BCUT2D eigenvalue weighted by Crippen LogP contribution is -2.33.